The second-order valence-corrected chi connectivity index (χ2v) is 12.8. The zero-order valence-corrected chi connectivity index (χ0v) is 26.9. The van der Waals surface area contributed by atoms with Crippen LogP contribution in [0.25, 0.3) is 38.8 Å². The Labute approximate surface area is 292 Å². The average molecular weight is 650 g/mol. The second kappa shape index (κ2) is 10.5. The van der Waals surface area contributed by atoms with E-state index in [0.29, 0.717) is 16.7 Å². The Morgan fingerprint density at radius 1 is 0.510 bits per heavy atom. The standard InChI is InChI=1S/C44H23N7/c45-23-27-14-17-38-32(20-27)33-26-48-19-18-39(33)50(38)42-10-5-11-43(49-42)51-40-8-3-1-6-34(40)44(35-7-2-4-9-41(35)51)36-21-28(24-46)12-15-30(36)31-16-13-29(25-47)22-37(31)44/h1-22,26H. The van der Waals surface area contributed by atoms with Crippen LogP contribution in [0.1, 0.15) is 38.9 Å². The minimum atomic E-state index is -0.788. The average Bonchev–Trinajstić information content (AvgIpc) is 3.67. The highest BCUT2D eigenvalue weighted by Crippen LogP contribution is 2.63. The van der Waals surface area contributed by atoms with Gasteiger partial charge < -0.3 is 0 Å². The van der Waals surface area contributed by atoms with E-state index in [-0.39, 0.29) is 0 Å². The summed E-state index contributed by atoms with van der Waals surface area (Å²) in [6, 6.07) is 49.3. The Bertz CT molecular complexity index is 2820. The van der Waals surface area contributed by atoms with Gasteiger partial charge in [0.15, 0.2) is 0 Å². The van der Waals surface area contributed by atoms with Gasteiger partial charge in [0.2, 0.25) is 0 Å². The van der Waals surface area contributed by atoms with E-state index in [0.717, 1.165) is 78.2 Å². The highest BCUT2D eigenvalue weighted by Gasteiger charge is 2.52. The van der Waals surface area contributed by atoms with Crippen molar-refractivity contribution in [1.29, 1.82) is 15.8 Å². The summed E-state index contributed by atoms with van der Waals surface area (Å²) in [5.41, 5.74) is 10.9. The summed E-state index contributed by atoms with van der Waals surface area (Å²) in [6.07, 6.45) is 3.61. The van der Waals surface area contributed by atoms with Gasteiger partial charge in [-0.2, -0.15) is 15.8 Å². The smallest absolute Gasteiger partial charge is 0.140 e. The maximum Gasteiger partial charge on any atom is 0.140 e. The summed E-state index contributed by atoms with van der Waals surface area (Å²) >= 11 is 0. The number of para-hydroxylation sites is 2. The van der Waals surface area contributed by atoms with Gasteiger partial charge in [-0.3, -0.25) is 14.5 Å². The maximum absolute atomic E-state index is 10.1. The maximum atomic E-state index is 10.1. The summed E-state index contributed by atoms with van der Waals surface area (Å²) in [6.45, 7) is 0. The number of anilines is 3. The van der Waals surface area contributed by atoms with E-state index < -0.39 is 5.41 Å². The van der Waals surface area contributed by atoms with Crippen molar-refractivity contribution in [2.45, 2.75) is 5.41 Å². The molecule has 0 atom stereocenters. The molecule has 8 aromatic rings. The molecule has 1 spiro atoms. The molecule has 0 N–H and O–H groups in total. The van der Waals surface area contributed by atoms with Crippen LogP contribution in [0.5, 0.6) is 0 Å². The first-order chi connectivity index (χ1) is 25.1. The predicted octanol–water partition coefficient (Wildman–Crippen LogP) is 9.34. The number of benzene rings is 5. The molecule has 3 aromatic heterocycles. The molecule has 5 aromatic carbocycles. The monoisotopic (exact) mass is 649 g/mol. The molecule has 7 nitrogen and oxygen atoms in total. The van der Waals surface area contributed by atoms with Crippen LogP contribution in [0.15, 0.2) is 140 Å². The summed E-state index contributed by atoms with van der Waals surface area (Å²) in [5.74, 6) is 1.46. The molecule has 2 aliphatic rings. The van der Waals surface area contributed by atoms with Crippen molar-refractivity contribution in [3.05, 3.63) is 179 Å². The van der Waals surface area contributed by atoms with Crippen LogP contribution in [0.2, 0.25) is 0 Å². The van der Waals surface area contributed by atoms with Crippen molar-refractivity contribution in [2.24, 2.45) is 0 Å². The van der Waals surface area contributed by atoms with Gasteiger partial charge in [-0.25, -0.2) is 4.98 Å². The second-order valence-electron chi connectivity index (χ2n) is 12.8. The van der Waals surface area contributed by atoms with Crippen LogP contribution in [0.4, 0.5) is 17.2 Å². The lowest BCUT2D eigenvalue weighted by molar-refractivity contribution is 0.750. The van der Waals surface area contributed by atoms with E-state index in [1.165, 1.54) is 0 Å². The first-order valence-electron chi connectivity index (χ1n) is 16.5. The first kappa shape index (κ1) is 28.5. The highest BCUT2D eigenvalue weighted by molar-refractivity contribution is 6.09. The van der Waals surface area contributed by atoms with Crippen molar-refractivity contribution >= 4 is 39.0 Å². The van der Waals surface area contributed by atoms with Crippen molar-refractivity contribution < 1.29 is 0 Å². The zero-order valence-electron chi connectivity index (χ0n) is 26.9. The Hall–Kier alpha value is -7.53. The van der Waals surface area contributed by atoms with Crippen molar-refractivity contribution in [3.8, 4) is 35.2 Å². The molecular weight excluding hydrogens is 627 g/mol. The van der Waals surface area contributed by atoms with Crippen LogP contribution >= 0.6 is 0 Å². The third-order valence-electron chi connectivity index (χ3n) is 10.4. The topological polar surface area (TPSA) is 105 Å². The molecular formula is C44H23N7. The number of hydrogen-bond donors (Lipinski definition) is 0. The Morgan fingerprint density at radius 3 is 1.73 bits per heavy atom. The molecule has 7 heteroatoms. The van der Waals surface area contributed by atoms with Gasteiger partial charge in [-0.1, -0.05) is 54.6 Å². The molecule has 234 valence electrons. The lowest BCUT2D eigenvalue weighted by Crippen LogP contribution is -2.36. The van der Waals surface area contributed by atoms with Crippen LogP contribution in [0, 0.1) is 34.0 Å². The Kier molecular flexibility index (Phi) is 5.85. The van der Waals surface area contributed by atoms with Gasteiger partial charge >= 0.3 is 0 Å². The molecule has 0 unspecified atom stereocenters. The van der Waals surface area contributed by atoms with Gasteiger partial charge in [-0.05, 0) is 106 Å². The van der Waals surface area contributed by atoms with E-state index in [2.05, 4.69) is 69.1 Å². The van der Waals surface area contributed by atoms with Crippen molar-refractivity contribution in [2.75, 3.05) is 4.90 Å². The Morgan fingerprint density at radius 2 is 1.08 bits per heavy atom. The molecule has 4 heterocycles. The van der Waals surface area contributed by atoms with Gasteiger partial charge in [0.1, 0.15) is 11.6 Å². The molecule has 0 fully saturated rings. The minimum absolute atomic E-state index is 0.580. The lowest BCUT2D eigenvalue weighted by atomic mass is 9.64. The molecule has 1 aliphatic carbocycles. The highest BCUT2D eigenvalue weighted by atomic mass is 15.2. The number of rotatable bonds is 2. The number of fused-ring (bicyclic) bond motifs is 12. The van der Waals surface area contributed by atoms with E-state index >= 15 is 0 Å². The van der Waals surface area contributed by atoms with Gasteiger partial charge in [0, 0.05) is 23.2 Å². The number of aromatic nitrogens is 3. The van der Waals surface area contributed by atoms with Crippen molar-refractivity contribution in [1.82, 2.24) is 14.5 Å². The summed E-state index contributed by atoms with van der Waals surface area (Å²) in [5, 5.41) is 31.7. The molecule has 0 saturated heterocycles. The molecule has 0 amide bonds. The molecule has 10 rings (SSSR count). The molecule has 0 saturated carbocycles. The lowest BCUT2D eigenvalue weighted by Gasteiger charge is -2.44. The predicted molar refractivity (Wildman–Crippen MR) is 196 cm³/mol. The van der Waals surface area contributed by atoms with Gasteiger partial charge in [-0.15, -0.1) is 0 Å². The quantitative estimate of drug-likeness (QED) is 0.185. The normalized spacial score (nSPS) is 13.2. The fourth-order valence-electron chi connectivity index (χ4n) is 8.38. The number of nitrogens with zero attached hydrogens (tertiary/aromatic N) is 7. The Balaban J connectivity index is 1.26. The molecule has 1 aliphatic heterocycles. The minimum Gasteiger partial charge on any atom is -0.294 e. The third-order valence-corrected chi connectivity index (χ3v) is 10.4. The van der Waals surface area contributed by atoms with Crippen molar-refractivity contribution in [3.63, 3.8) is 0 Å². The summed E-state index contributed by atoms with van der Waals surface area (Å²) in [4.78, 5) is 12.0. The fraction of sp³-hybridized carbons (Fsp3) is 0.0227. The molecule has 0 bridgehead atoms. The molecule has 51 heavy (non-hydrogen) atoms. The third kappa shape index (κ3) is 3.73. The number of nitriles is 3. The van der Waals surface area contributed by atoms with E-state index in [1.807, 2.05) is 97.2 Å². The van der Waals surface area contributed by atoms with Crippen LogP contribution < -0.4 is 4.90 Å². The van der Waals surface area contributed by atoms with Crippen LogP contribution in [-0.4, -0.2) is 14.5 Å². The molecule has 0 radical (unpaired) electrons. The van der Waals surface area contributed by atoms with Crippen LogP contribution in [0.3, 0.4) is 0 Å². The summed E-state index contributed by atoms with van der Waals surface area (Å²) < 4.78 is 2.12. The first-order valence-corrected chi connectivity index (χ1v) is 16.5. The largest absolute Gasteiger partial charge is 0.294 e. The van der Waals surface area contributed by atoms with E-state index in [9.17, 15) is 15.8 Å². The van der Waals surface area contributed by atoms with Gasteiger partial charge in [0.05, 0.1) is 62.7 Å². The summed E-state index contributed by atoms with van der Waals surface area (Å²) in [7, 11) is 0. The van der Waals surface area contributed by atoms with Crippen LogP contribution in [-0.2, 0) is 5.41 Å². The van der Waals surface area contributed by atoms with E-state index in [1.54, 1.807) is 6.20 Å². The van der Waals surface area contributed by atoms with E-state index in [4.69, 9.17) is 4.98 Å². The zero-order chi connectivity index (χ0) is 34.3. The number of hydrogen-bond acceptors (Lipinski definition) is 6. The fourth-order valence-corrected chi connectivity index (χ4v) is 8.38. The number of pyridine rings is 2. The SMILES string of the molecule is N#Cc1ccc2c(c1)C1(c3cc(C#N)ccc3-2)c2ccccc2N(c2cccc(-n3c4ccncc4c4cc(C#N)ccc43)n2)c2ccccc21. The van der Waals surface area contributed by atoms with Gasteiger partial charge in [0.25, 0.3) is 0 Å².